The number of nitrogens with two attached hydrogens (primary N) is 1. The van der Waals surface area contributed by atoms with Gasteiger partial charge in [-0.15, -0.1) is 0 Å². The molecule has 1 aromatic rings. The van der Waals surface area contributed by atoms with E-state index in [1.54, 1.807) is 0 Å². The van der Waals surface area contributed by atoms with E-state index in [2.05, 4.69) is 18.2 Å². The smallest absolute Gasteiger partial charge is 0.119 e. The maximum absolute atomic E-state index is 6.75. The van der Waals surface area contributed by atoms with Crippen LogP contribution in [0.3, 0.4) is 0 Å². The molecule has 104 valence electrons. The zero-order chi connectivity index (χ0) is 13.3. The van der Waals surface area contributed by atoms with Crippen molar-refractivity contribution in [3.05, 3.63) is 29.8 Å². The van der Waals surface area contributed by atoms with Gasteiger partial charge in [0.2, 0.25) is 0 Å². The first-order valence-corrected chi connectivity index (χ1v) is 7.73. The van der Waals surface area contributed by atoms with Crippen molar-refractivity contribution in [2.75, 3.05) is 6.61 Å². The van der Waals surface area contributed by atoms with Crippen molar-refractivity contribution >= 4 is 0 Å². The van der Waals surface area contributed by atoms with Gasteiger partial charge in [0.15, 0.2) is 0 Å². The van der Waals surface area contributed by atoms with Crippen molar-refractivity contribution in [3.8, 4) is 5.75 Å². The van der Waals surface area contributed by atoms with Crippen LogP contribution in [0.4, 0.5) is 0 Å². The Labute approximate surface area is 116 Å². The standard InChI is InChI=1S/C17H25NO/c1-2-19-16-7-3-6-15(11-16)17(18)10-4-5-14(12-17)13-8-9-13/h3,6-7,11,13-14H,2,4-5,8-10,12,18H2,1H3. The molecule has 2 saturated carbocycles. The van der Waals surface area contributed by atoms with E-state index in [4.69, 9.17) is 10.5 Å². The number of rotatable bonds is 4. The SMILES string of the molecule is CCOc1cccc(C2(N)CCCC(C3CC3)C2)c1. The van der Waals surface area contributed by atoms with Crippen molar-refractivity contribution in [1.29, 1.82) is 0 Å². The molecule has 0 aromatic heterocycles. The van der Waals surface area contributed by atoms with Crippen LogP contribution in [0.5, 0.6) is 5.75 Å². The lowest BCUT2D eigenvalue weighted by atomic mass is 9.71. The monoisotopic (exact) mass is 259 g/mol. The second-order valence-electron chi connectivity index (χ2n) is 6.31. The Morgan fingerprint density at radius 3 is 2.84 bits per heavy atom. The summed E-state index contributed by atoms with van der Waals surface area (Å²) in [6, 6.07) is 8.43. The van der Waals surface area contributed by atoms with Crippen LogP contribution in [0.15, 0.2) is 24.3 Å². The van der Waals surface area contributed by atoms with E-state index in [9.17, 15) is 0 Å². The fourth-order valence-corrected chi connectivity index (χ4v) is 3.65. The van der Waals surface area contributed by atoms with Crippen LogP contribution >= 0.6 is 0 Å². The minimum absolute atomic E-state index is 0.126. The van der Waals surface area contributed by atoms with E-state index < -0.39 is 0 Å². The first-order valence-electron chi connectivity index (χ1n) is 7.73. The molecule has 0 bridgehead atoms. The Hall–Kier alpha value is -1.02. The van der Waals surface area contributed by atoms with Gasteiger partial charge in [-0.1, -0.05) is 25.0 Å². The Morgan fingerprint density at radius 2 is 2.11 bits per heavy atom. The summed E-state index contributed by atoms with van der Waals surface area (Å²) in [5.41, 5.74) is 7.89. The lowest BCUT2D eigenvalue weighted by molar-refractivity contribution is 0.206. The van der Waals surface area contributed by atoms with Crippen molar-refractivity contribution in [1.82, 2.24) is 0 Å². The van der Waals surface area contributed by atoms with Gasteiger partial charge in [0.1, 0.15) is 5.75 Å². The Morgan fingerprint density at radius 1 is 1.26 bits per heavy atom. The highest BCUT2D eigenvalue weighted by molar-refractivity contribution is 5.33. The van der Waals surface area contributed by atoms with Crippen LogP contribution in [-0.2, 0) is 5.54 Å². The molecular weight excluding hydrogens is 234 g/mol. The topological polar surface area (TPSA) is 35.2 Å². The van der Waals surface area contributed by atoms with Crippen molar-refractivity contribution < 1.29 is 4.74 Å². The lowest BCUT2D eigenvalue weighted by Crippen LogP contribution is -2.41. The third kappa shape index (κ3) is 2.79. The molecule has 2 heteroatoms. The number of hydrogen-bond donors (Lipinski definition) is 1. The van der Waals surface area contributed by atoms with Gasteiger partial charge < -0.3 is 10.5 Å². The Kier molecular flexibility index (Phi) is 3.53. The average Bonchev–Trinajstić information content (AvgIpc) is 3.24. The predicted octanol–water partition coefficient (Wildman–Crippen LogP) is 3.84. The third-order valence-corrected chi connectivity index (χ3v) is 4.83. The molecule has 2 unspecified atom stereocenters. The van der Waals surface area contributed by atoms with Crippen LogP contribution in [-0.4, -0.2) is 6.61 Å². The minimum atomic E-state index is -0.126. The Bertz CT molecular complexity index is 441. The fraction of sp³-hybridized carbons (Fsp3) is 0.647. The molecule has 1 aromatic carbocycles. The van der Waals surface area contributed by atoms with Gasteiger partial charge in [0, 0.05) is 5.54 Å². The highest BCUT2D eigenvalue weighted by Gasteiger charge is 2.40. The molecule has 0 radical (unpaired) electrons. The lowest BCUT2D eigenvalue weighted by Gasteiger charge is -2.39. The van der Waals surface area contributed by atoms with Gasteiger partial charge in [0.25, 0.3) is 0 Å². The molecule has 19 heavy (non-hydrogen) atoms. The van der Waals surface area contributed by atoms with Crippen LogP contribution in [0.25, 0.3) is 0 Å². The second kappa shape index (κ2) is 5.16. The maximum atomic E-state index is 6.75. The fourth-order valence-electron chi connectivity index (χ4n) is 3.65. The van der Waals surface area contributed by atoms with E-state index in [0.717, 1.165) is 30.4 Å². The number of hydrogen-bond acceptors (Lipinski definition) is 2. The summed E-state index contributed by atoms with van der Waals surface area (Å²) in [5, 5.41) is 0. The molecule has 0 heterocycles. The molecular formula is C17H25NO. The normalized spacial score (nSPS) is 31.2. The Balaban J connectivity index is 1.80. The molecule has 0 aliphatic heterocycles. The van der Waals surface area contributed by atoms with Crippen LogP contribution < -0.4 is 10.5 Å². The number of benzene rings is 1. The van der Waals surface area contributed by atoms with Crippen molar-refractivity contribution in [3.63, 3.8) is 0 Å². The highest BCUT2D eigenvalue weighted by Crippen LogP contribution is 2.48. The minimum Gasteiger partial charge on any atom is -0.494 e. The molecule has 0 saturated heterocycles. The van der Waals surface area contributed by atoms with Gasteiger partial charge >= 0.3 is 0 Å². The summed E-state index contributed by atoms with van der Waals surface area (Å²) in [6.07, 6.45) is 7.80. The zero-order valence-corrected chi connectivity index (χ0v) is 11.9. The summed E-state index contributed by atoms with van der Waals surface area (Å²) >= 11 is 0. The molecule has 2 N–H and O–H groups in total. The summed E-state index contributed by atoms with van der Waals surface area (Å²) < 4.78 is 5.61. The molecule has 2 aliphatic carbocycles. The van der Waals surface area contributed by atoms with Gasteiger partial charge in [-0.3, -0.25) is 0 Å². The summed E-state index contributed by atoms with van der Waals surface area (Å²) in [5.74, 6) is 2.78. The molecule has 2 fully saturated rings. The third-order valence-electron chi connectivity index (χ3n) is 4.83. The molecule has 3 rings (SSSR count). The molecule has 0 amide bonds. The average molecular weight is 259 g/mol. The molecule has 2 aliphatic rings. The summed E-state index contributed by atoms with van der Waals surface area (Å²) in [6.45, 7) is 2.74. The van der Waals surface area contributed by atoms with Gasteiger partial charge in [-0.05, 0) is 62.1 Å². The molecule has 2 nitrogen and oxygen atoms in total. The summed E-state index contributed by atoms with van der Waals surface area (Å²) in [7, 11) is 0. The van der Waals surface area contributed by atoms with Crippen LogP contribution in [0, 0.1) is 11.8 Å². The quantitative estimate of drug-likeness (QED) is 0.891. The molecule has 2 atom stereocenters. The van der Waals surface area contributed by atoms with Crippen molar-refractivity contribution in [2.24, 2.45) is 17.6 Å². The summed E-state index contributed by atoms with van der Waals surface area (Å²) in [4.78, 5) is 0. The highest BCUT2D eigenvalue weighted by atomic mass is 16.5. The maximum Gasteiger partial charge on any atom is 0.119 e. The van der Waals surface area contributed by atoms with Crippen molar-refractivity contribution in [2.45, 2.75) is 51.0 Å². The second-order valence-corrected chi connectivity index (χ2v) is 6.31. The van der Waals surface area contributed by atoms with Gasteiger partial charge in [-0.25, -0.2) is 0 Å². The van der Waals surface area contributed by atoms with E-state index >= 15 is 0 Å². The first-order chi connectivity index (χ1) is 9.21. The van der Waals surface area contributed by atoms with E-state index in [1.807, 2.05) is 13.0 Å². The predicted molar refractivity (Wildman–Crippen MR) is 78.2 cm³/mol. The van der Waals surface area contributed by atoms with Gasteiger partial charge in [-0.2, -0.15) is 0 Å². The largest absolute Gasteiger partial charge is 0.494 e. The zero-order valence-electron chi connectivity index (χ0n) is 11.9. The first kappa shape index (κ1) is 13.0. The number of ether oxygens (including phenoxy) is 1. The van der Waals surface area contributed by atoms with Gasteiger partial charge in [0.05, 0.1) is 6.61 Å². The van der Waals surface area contributed by atoms with E-state index in [-0.39, 0.29) is 5.54 Å². The van der Waals surface area contributed by atoms with Crippen LogP contribution in [0.2, 0.25) is 0 Å². The van der Waals surface area contributed by atoms with E-state index in [0.29, 0.717) is 6.61 Å². The molecule has 0 spiro atoms. The van der Waals surface area contributed by atoms with Crippen LogP contribution in [0.1, 0.15) is 51.0 Å². The van der Waals surface area contributed by atoms with E-state index in [1.165, 1.54) is 31.2 Å².